The van der Waals surface area contributed by atoms with Crippen molar-refractivity contribution in [2.24, 2.45) is 0 Å². The number of para-hydroxylation sites is 1. The minimum atomic E-state index is 0.0188. The molecule has 0 aliphatic carbocycles. The molecule has 0 atom stereocenters. The SMILES string of the molecule is Cc1cc[c-]c(-c2ncc(C(C)(C)C)n2-c2ccccc2)c1.[Cl][Zn+]. The van der Waals surface area contributed by atoms with Crippen molar-refractivity contribution >= 4 is 9.69 Å². The number of rotatable bonds is 2. The van der Waals surface area contributed by atoms with Crippen molar-refractivity contribution < 1.29 is 17.3 Å². The van der Waals surface area contributed by atoms with Gasteiger partial charge in [0.2, 0.25) is 0 Å². The molecule has 2 aromatic carbocycles. The van der Waals surface area contributed by atoms with Crippen LogP contribution in [-0.2, 0) is 22.7 Å². The number of benzene rings is 2. The van der Waals surface area contributed by atoms with Gasteiger partial charge in [0.05, 0.1) is 5.82 Å². The average Bonchev–Trinajstić information content (AvgIpc) is 3.03. The molecular formula is C20H21ClN2Zn. The van der Waals surface area contributed by atoms with E-state index in [1.165, 1.54) is 11.3 Å². The number of hydrogen-bond acceptors (Lipinski definition) is 1. The van der Waals surface area contributed by atoms with Crippen LogP contribution in [0.5, 0.6) is 0 Å². The van der Waals surface area contributed by atoms with Gasteiger partial charge >= 0.3 is 27.0 Å². The molecule has 0 spiro atoms. The van der Waals surface area contributed by atoms with Crippen molar-refractivity contribution in [3.8, 4) is 17.1 Å². The fraction of sp³-hybridized carbons (Fsp3) is 0.250. The molecule has 120 valence electrons. The van der Waals surface area contributed by atoms with Gasteiger partial charge in [-0.1, -0.05) is 45.9 Å². The van der Waals surface area contributed by atoms with E-state index in [2.05, 4.69) is 74.7 Å². The summed E-state index contributed by atoms with van der Waals surface area (Å²) < 4.78 is 2.24. The molecular weight excluding hydrogens is 369 g/mol. The van der Waals surface area contributed by atoms with Gasteiger partial charge in [0, 0.05) is 23.0 Å². The van der Waals surface area contributed by atoms with E-state index < -0.39 is 0 Å². The maximum atomic E-state index is 4.76. The van der Waals surface area contributed by atoms with Gasteiger partial charge in [-0.3, -0.25) is 4.98 Å². The summed E-state index contributed by atoms with van der Waals surface area (Å²) >= 11 is 0.847. The molecule has 0 aliphatic heterocycles. The standard InChI is InChI=1S/C20H21N2.ClH.Zn/c1-15-9-8-10-16(13-15)19-21-14-18(20(2,3)4)22(19)17-11-6-5-7-12-17;;/h5-9,11-14H,1-4H3;1H;/q-1;;+2/p-1. The first-order chi connectivity index (χ1) is 11.5. The molecule has 0 bridgehead atoms. The Bertz CT molecular complexity index is 789. The third kappa shape index (κ3) is 4.15. The van der Waals surface area contributed by atoms with Gasteiger partial charge in [-0.15, -0.1) is 35.4 Å². The van der Waals surface area contributed by atoms with Gasteiger partial charge < -0.3 is 4.57 Å². The second kappa shape index (κ2) is 8.09. The van der Waals surface area contributed by atoms with Crippen molar-refractivity contribution in [2.75, 3.05) is 0 Å². The van der Waals surface area contributed by atoms with Crippen molar-refractivity contribution in [2.45, 2.75) is 33.1 Å². The predicted molar refractivity (Wildman–Crippen MR) is 97.1 cm³/mol. The molecule has 0 N–H and O–H groups in total. The van der Waals surface area contributed by atoms with E-state index in [0.717, 1.165) is 34.4 Å². The Morgan fingerprint density at radius 2 is 1.75 bits per heavy atom. The molecule has 1 heterocycles. The summed E-state index contributed by atoms with van der Waals surface area (Å²) in [5, 5.41) is 0. The predicted octanol–water partition coefficient (Wildman–Crippen LogP) is 5.63. The Morgan fingerprint density at radius 3 is 2.33 bits per heavy atom. The van der Waals surface area contributed by atoms with Crippen molar-refractivity contribution in [1.29, 1.82) is 0 Å². The van der Waals surface area contributed by atoms with Gasteiger partial charge in [-0.2, -0.15) is 0 Å². The molecule has 1 aromatic heterocycles. The van der Waals surface area contributed by atoms with E-state index in [0.29, 0.717) is 0 Å². The van der Waals surface area contributed by atoms with Crippen LogP contribution >= 0.6 is 9.69 Å². The second-order valence-corrected chi connectivity index (χ2v) is 6.67. The van der Waals surface area contributed by atoms with Crippen LogP contribution in [0.3, 0.4) is 0 Å². The molecule has 24 heavy (non-hydrogen) atoms. The van der Waals surface area contributed by atoms with Crippen LogP contribution in [0.1, 0.15) is 32.0 Å². The first-order valence-corrected chi connectivity index (χ1v) is 11.8. The van der Waals surface area contributed by atoms with Crippen LogP contribution in [0, 0.1) is 13.0 Å². The zero-order chi connectivity index (χ0) is 17.7. The van der Waals surface area contributed by atoms with E-state index in [9.17, 15) is 0 Å². The topological polar surface area (TPSA) is 17.8 Å². The molecule has 0 amide bonds. The Hall–Kier alpha value is -1.44. The van der Waals surface area contributed by atoms with Crippen molar-refractivity contribution in [3.63, 3.8) is 0 Å². The molecule has 2 nitrogen and oxygen atoms in total. The number of aromatic nitrogens is 2. The van der Waals surface area contributed by atoms with E-state index in [1.54, 1.807) is 0 Å². The third-order valence-corrected chi connectivity index (χ3v) is 3.74. The number of hydrogen-bond donors (Lipinski definition) is 0. The quantitative estimate of drug-likeness (QED) is 0.410. The average molecular weight is 390 g/mol. The molecule has 3 aromatic rings. The summed E-state index contributed by atoms with van der Waals surface area (Å²) in [5.41, 5.74) is 4.59. The minimum absolute atomic E-state index is 0.0188. The monoisotopic (exact) mass is 388 g/mol. The van der Waals surface area contributed by atoms with Crippen LogP contribution in [0.25, 0.3) is 17.1 Å². The molecule has 0 saturated heterocycles. The summed E-state index contributed by atoms with van der Waals surface area (Å²) in [7, 11) is 4.76. The molecule has 4 heteroatoms. The second-order valence-electron chi connectivity index (χ2n) is 6.67. The van der Waals surface area contributed by atoms with Crippen molar-refractivity contribution in [1.82, 2.24) is 9.55 Å². The fourth-order valence-electron chi connectivity index (χ4n) is 2.62. The molecule has 0 fully saturated rings. The first-order valence-electron chi connectivity index (χ1n) is 7.86. The van der Waals surface area contributed by atoms with E-state index >= 15 is 0 Å². The van der Waals surface area contributed by atoms with Crippen LogP contribution < -0.4 is 0 Å². The molecule has 0 saturated carbocycles. The van der Waals surface area contributed by atoms with Gasteiger partial charge in [0.15, 0.2) is 0 Å². The Labute approximate surface area is 158 Å². The third-order valence-electron chi connectivity index (χ3n) is 3.74. The van der Waals surface area contributed by atoms with E-state index in [4.69, 9.17) is 14.7 Å². The Morgan fingerprint density at radius 1 is 1.08 bits per heavy atom. The molecule has 0 radical (unpaired) electrons. The summed E-state index contributed by atoms with van der Waals surface area (Å²) in [6.45, 7) is 8.74. The first kappa shape index (κ1) is 18.9. The summed E-state index contributed by atoms with van der Waals surface area (Å²) in [5.74, 6) is 0.944. The number of imidazole rings is 1. The van der Waals surface area contributed by atoms with E-state index in [-0.39, 0.29) is 5.41 Å². The molecule has 0 aliphatic rings. The fourth-order valence-corrected chi connectivity index (χ4v) is 2.62. The molecule has 3 rings (SSSR count). The van der Waals surface area contributed by atoms with Crippen LogP contribution in [-0.4, -0.2) is 9.55 Å². The van der Waals surface area contributed by atoms with Gasteiger partial charge in [0.25, 0.3) is 0 Å². The van der Waals surface area contributed by atoms with Crippen molar-refractivity contribution in [3.05, 3.63) is 72.1 Å². The zero-order valence-electron chi connectivity index (χ0n) is 14.7. The van der Waals surface area contributed by atoms with Gasteiger partial charge in [-0.25, -0.2) is 0 Å². The van der Waals surface area contributed by atoms with Gasteiger partial charge in [-0.05, 0) is 12.1 Å². The van der Waals surface area contributed by atoms with Gasteiger partial charge in [0.1, 0.15) is 0 Å². The normalized spacial score (nSPS) is 11.0. The maximum absolute atomic E-state index is 4.76. The number of nitrogens with zero attached hydrogens (tertiary/aromatic N) is 2. The summed E-state index contributed by atoms with van der Waals surface area (Å²) in [4.78, 5) is 4.70. The van der Waals surface area contributed by atoms with E-state index in [1.807, 2.05) is 18.3 Å². The Kier molecular flexibility index (Phi) is 6.37. The zero-order valence-corrected chi connectivity index (χ0v) is 18.4. The summed E-state index contributed by atoms with van der Waals surface area (Å²) in [6, 6.07) is 19.9. The number of halogens is 1. The molecule has 0 unspecified atom stereocenters. The Balaban J connectivity index is 0.00000100. The van der Waals surface area contributed by atoms with Crippen LogP contribution in [0.15, 0.2) is 54.7 Å². The summed E-state index contributed by atoms with van der Waals surface area (Å²) in [6.07, 6.45) is 1.98. The van der Waals surface area contributed by atoms with Crippen LogP contribution in [0.2, 0.25) is 0 Å². The van der Waals surface area contributed by atoms with Crippen LogP contribution in [0.4, 0.5) is 0 Å². The number of aryl methyl sites for hydroxylation is 1.